The Kier molecular flexibility index (Phi) is 10.5. The van der Waals surface area contributed by atoms with Gasteiger partial charge in [-0.05, 0) is 41.5 Å². The van der Waals surface area contributed by atoms with Crippen molar-refractivity contribution in [3.63, 3.8) is 0 Å². The molecule has 180 valence electrons. The van der Waals surface area contributed by atoms with E-state index in [2.05, 4.69) is 43.4 Å². The number of H-pyrrole nitrogens is 1. The summed E-state index contributed by atoms with van der Waals surface area (Å²) in [5, 5.41) is 8.85. The van der Waals surface area contributed by atoms with E-state index in [0.29, 0.717) is 25.2 Å². The maximum Gasteiger partial charge on any atom is 0.330 e. The van der Waals surface area contributed by atoms with Gasteiger partial charge in [0.25, 0.3) is 14.1 Å². The molecule has 0 aromatic carbocycles. The van der Waals surface area contributed by atoms with Crippen molar-refractivity contribution in [2.75, 3.05) is 19.8 Å². The van der Waals surface area contributed by atoms with Gasteiger partial charge in [-0.2, -0.15) is 5.26 Å². The van der Waals surface area contributed by atoms with E-state index in [1.165, 1.54) is 10.8 Å². The molecule has 1 aliphatic heterocycles. The van der Waals surface area contributed by atoms with E-state index in [4.69, 9.17) is 23.8 Å². The van der Waals surface area contributed by atoms with Gasteiger partial charge in [-0.3, -0.25) is 14.3 Å². The number of aromatic amines is 1. The fraction of sp³-hybridized carbons (Fsp3) is 0.762. The Morgan fingerprint density at radius 1 is 1.31 bits per heavy atom. The Balaban J connectivity index is 2.15. The standard InChI is InChI=1S/C21H35N4O6P/c1-7-28-18-11-17(31-20(18)24-12-16(6)19(26)23-21(24)27)13-30-32(29-10-8-9-22)25(14(2)3)15(4)5/h12,14-15,17-18,20H,7-8,10-11,13H2,1-6H3,(H,23,26,27)/t17-,18+,20+,32?/m0/s1. The van der Waals surface area contributed by atoms with E-state index < -0.39 is 26.0 Å². The van der Waals surface area contributed by atoms with E-state index in [1.54, 1.807) is 6.92 Å². The fourth-order valence-electron chi connectivity index (χ4n) is 3.67. The molecule has 1 aromatic heterocycles. The molecule has 1 aliphatic rings. The summed E-state index contributed by atoms with van der Waals surface area (Å²) >= 11 is 0. The van der Waals surface area contributed by atoms with Crippen molar-refractivity contribution in [3.05, 3.63) is 32.6 Å². The molecule has 1 fully saturated rings. The third-order valence-electron chi connectivity index (χ3n) is 4.98. The maximum atomic E-state index is 12.4. The van der Waals surface area contributed by atoms with Crippen molar-refractivity contribution in [1.82, 2.24) is 14.2 Å². The molecule has 0 spiro atoms. The molecule has 0 radical (unpaired) electrons. The third-order valence-corrected chi connectivity index (χ3v) is 7.05. The van der Waals surface area contributed by atoms with Crippen LogP contribution in [-0.4, -0.2) is 58.3 Å². The van der Waals surface area contributed by atoms with Gasteiger partial charge in [0.1, 0.15) is 6.10 Å². The highest BCUT2D eigenvalue weighted by Gasteiger charge is 2.39. The summed E-state index contributed by atoms with van der Waals surface area (Å²) < 4.78 is 27.6. The van der Waals surface area contributed by atoms with Gasteiger partial charge in [0.15, 0.2) is 6.23 Å². The zero-order valence-electron chi connectivity index (χ0n) is 19.7. The van der Waals surface area contributed by atoms with Crippen molar-refractivity contribution in [3.8, 4) is 6.07 Å². The van der Waals surface area contributed by atoms with Gasteiger partial charge >= 0.3 is 5.69 Å². The zero-order valence-corrected chi connectivity index (χ0v) is 20.6. The summed E-state index contributed by atoms with van der Waals surface area (Å²) in [6.45, 7) is 12.8. The van der Waals surface area contributed by atoms with Gasteiger partial charge in [-0.1, -0.05) is 0 Å². The van der Waals surface area contributed by atoms with Crippen molar-refractivity contribution in [2.24, 2.45) is 0 Å². The van der Waals surface area contributed by atoms with Crippen LogP contribution in [0.4, 0.5) is 0 Å². The van der Waals surface area contributed by atoms with Crippen molar-refractivity contribution in [2.45, 2.75) is 84.9 Å². The van der Waals surface area contributed by atoms with Gasteiger partial charge < -0.3 is 18.5 Å². The maximum absolute atomic E-state index is 12.4. The number of nitrogens with zero attached hydrogens (tertiary/aromatic N) is 3. The molecule has 10 nitrogen and oxygen atoms in total. The summed E-state index contributed by atoms with van der Waals surface area (Å²) in [6.07, 6.45) is 0.986. The lowest BCUT2D eigenvalue weighted by Gasteiger charge is -2.35. The van der Waals surface area contributed by atoms with Crippen molar-refractivity contribution >= 4 is 8.53 Å². The first-order valence-electron chi connectivity index (χ1n) is 11.0. The van der Waals surface area contributed by atoms with Crippen LogP contribution in [0.25, 0.3) is 0 Å². The largest absolute Gasteiger partial charge is 0.374 e. The van der Waals surface area contributed by atoms with Crippen LogP contribution in [0.5, 0.6) is 0 Å². The molecule has 0 bridgehead atoms. The van der Waals surface area contributed by atoms with Gasteiger partial charge in [0, 0.05) is 36.9 Å². The number of nitrogens with one attached hydrogen (secondary N) is 1. The molecule has 4 atom stereocenters. The minimum Gasteiger partial charge on any atom is -0.374 e. The second kappa shape index (κ2) is 12.6. The molecule has 1 aromatic rings. The summed E-state index contributed by atoms with van der Waals surface area (Å²) in [4.78, 5) is 26.4. The van der Waals surface area contributed by atoms with E-state index in [0.717, 1.165) is 0 Å². The number of aromatic nitrogens is 2. The highest BCUT2D eigenvalue weighted by molar-refractivity contribution is 7.44. The molecule has 0 aliphatic carbocycles. The molecule has 2 rings (SSSR count). The lowest BCUT2D eigenvalue weighted by Crippen LogP contribution is -2.37. The summed E-state index contributed by atoms with van der Waals surface area (Å²) in [5.41, 5.74) is -0.536. The van der Waals surface area contributed by atoms with Crippen LogP contribution in [0.2, 0.25) is 0 Å². The average molecular weight is 471 g/mol. The lowest BCUT2D eigenvalue weighted by atomic mass is 10.2. The Labute approximate surface area is 190 Å². The smallest absolute Gasteiger partial charge is 0.330 e. The first-order chi connectivity index (χ1) is 15.2. The van der Waals surface area contributed by atoms with Crippen LogP contribution in [0, 0.1) is 18.3 Å². The third kappa shape index (κ3) is 6.95. The number of nitriles is 1. The van der Waals surface area contributed by atoms with E-state index in [-0.39, 0.29) is 37.3 Å². The molecule has 0 amide bonds. The van der Waals surface area contributed by atoms with Gasteiger partial charge in [0.2, 0.25) is 0 Å². The monoisotopic (exact) mass is 470 g/mol. The first kappa shape index (κ1) is 26.7. The summed E-state index contributed by atoms with van der Waals surface area (Å²) in [6, 6.07) is 2.48. The molecule has 32 heavy (non-hydrogen) atoms. The Morgan fingerprint density at radius 2 is 2.00 bits per heavy atom. The summed E-state index contributed by atoms with van der Waals surface area (Å²) in [5.74, 6) is 0. The topological polar surface area (TPSA) is 119 Å². The van der Waals surface area contributed by atoms with Crippen LogP contribution < -0.4 is 11.2 Å². The number of aryl methyl sites for hydroxylation is 1. The normalized spacial score (nSPS) is 22.1. The number of hydrogen-bond donors (Lipinski definition) is 1. The minimum atomic E-state index is -1.39. The van der Waals surface area contributed by atoms with Gasteiger partial charge in [0.05, 0.1) is 31.8 Å². The van der Waals surface area contributed by atoms with Crippen molar-refractivity contribution < 1.29 is 18.5 Å². The van der Waals surface area contributed by atoms with Crippen molar-refractivity contribution in [1.29, 1.82) is 5.26 Å². The van der Waals surface area contributed by atoms with Crippen LogP contribution in [0.15, 0.2) is 15.8 Å². The highest BCUT2D eigenvalue weighted by Crippen LogP contribution is 2.46. The second-order valence-electron chi connectivity index (χ2n) is 8.20. The zero-order chi connectivity index (χ0) is 23.8. The molecule has 1 N–H and O–H groups in total. The Hall–Kier alpha value is -1.60. The van der Waals surface area contributed by atoms with E-state index in [9.17, 15) is 9.59 Å². The SMILES string of the molecule is CCO[C@@H]1C[C@@H](COP(OCCC#N)N(C(C)C)C(C)C)O[C@H]1n1cc(C)c(=O)[nH]c1=O. The molecular formula is C21H35N4O6P. The molecule has 1 saturated heterocycles. The number of rotatable bonds is 12. The van der Waals surface area contributed by atoms with Crippen LogP contribution in [-0.2, 0) is 18.5 Å². The predicted molar refractivity (Wildman–Crippen MR) is 121 cm³/mol. The van der Waals surface area contributed by atoms with E-state index in [1.807, 2.05) is 6.92 Å². The van der Waals surface area contributed by atoms with E-state index >= 15 is 0 Å². The van der Waals surface area contributed by atoms with Crippen LogP contribution in [0.3, 0.4) is 0 Å². The first-order valence-corrected chi connectivity index (χ1v) is 12.1. The number of hydrogen-bond acceptors (Lipinski definition) is 8. The molecule has 0 saturated carbocycles. The molecule has 11 heteroatoms. The molecular weight excluding hydrogens is 435 g/mol. The second-order valence-corrected chi connectivity index (χ2v) is 9.65. The fourth-order valence-corrected chi connectivity index (χ4v) is 5.30. The Morgan fingerprint density at radius 3 is 2.59 bits per heavy atom. The predicted octanol–water partition coefficient (Wildman–Crippen LogP) is 2.83. The van der Waals surface area contributed by atoms with Gasteiger partial charge in [-0.25, -0.2) is 9.46 Å². The van der Waals surface area contributed by atoms with Crippen LogP contribution >= 0.6 is 8.53 Å². The minimum absolute atomic E-state index is 0.194. The van der Waals surface area contributed by atoms with Crippen LogP contribution in [0.1, 0.15) is 59.3 Å². The quantitative estimate of drug-likeness (QED) is 0.366. The molecule has 1 unspecified atom stereocenters. The molecule has 2 heterocycles. The lowest BCUT2D eigenvalue weighted by molar-refractivity contribution is -0.0696. The number of ether oxygens (including phenoxy) is 2. The average Bonchev–Trinajstić information content (AvgIpc) is 3.11. The summed E-state index contributed by atoms with van der Waals surface area (Å²) in [7, 11) is -1.39. The highest BCUT2D eigenvalue weighted by atomic mass is 31.2. The Bertz CT molecular complexity index is 872. The van der Waals surface area contributed by atoms with Gasteiger partial charge in [-0.15, -0.1) is 0 Å².